The number of rotatable bonds is 4. The highest BCUT2D eigenvalue weighted by atomic mass is 32.1. The summed E-state index contributed by atoms with van der Waals surface area (Å²) in [6, 6.07) is 6.96. The fraction of sp³-hybridized carbons (Fsp3) is 0.471. The van der Waals surface area contributed by atoms with E-state index in [9.17, 15) is 4.39 Å². The summed E-state index contributed by atoms with van der Waals surface area (Å²) < 4.78 is 14.2. The summed E-state index contributed by atoms with van der Waals surface area (Å²) in [4.78, 5) is 4.74. The Balaban J connectivity index is 2.42. The molecule has 0 aliphatic heterocycles. The zero-order chi connectivity index (χ0) is 15.6. The second kappa shape index (κ2) is 6.24. The van der Waals surface area contributed by atoms with Gasteiger partial charge in [0.15, 0.2) is 0 Å². The van der Waals surface area contributed by atoms with Crippen LogP contribution in [0, 0.1) is 5.82 Å². The van der Waals surface area contributed by atoms with E-state index in [1.807, 2.05) is 12.1 Å². The van der Waals surface area contributed by atoms with E-state index in [1.54, 1.807) is 17.4 Å². The number of thiazole rings is 1. The number of hydrogen-bond donors (Lipinski definition) is 1. The van der Waals surface area contributed by atoms with Crippen LogP contribution in [0.4, 0.5) is 4.39 Å². The summed E-state index contributed by atoms with van der Waals surface area (Å²) in [5.41, 5.74) is 1.71. The molecule has 1 N–H and O–H groups in total. The predicted molar refractivity (Wildman–Crippen MR) is 87.3 cm³/mol. The minimum absolute atomic E-state index is 0.00631. The molecule has 0 radical (unpaired) electrons. The van der Waals surface area contributed by atoms with Crippen molar-refractivity contribution >= 4 is 11.3 Å². The third-order valence-electron chi connectivity index (χ3n) is 3.25. The highest BCUT2D eigenvalue weighted by Gasteiger charge is 2.24. The molecule has 0 aliphatic rings. The fourth-order valence-electron chi connectivity index (χ4n) is 2.10. The van der Waals surface area contributed by atoms with Crippen LogP contribution in [0.1, 0.15) is 56.9 Å². The van der Waals surface area contributed by atoms with Gasteiger partial charge in [-0.2, -0.15) is 0 Å². The van der Waals surface area contributed by atoms with Crippen LogP contribution in [-0.4, -0.2) is 11.0 Å². The lowest BCUT2D eigenvalue weighted by atomic mass is 9.93. The Bertz CT molecular complexity index is 599. The zero-order valence-corrected chi connectivity index (χ0v) is 14.1. The molecule has 0 fully saturated rings. The standard InChI is InChI=1S/C17H23FN2S/c1-11(2)19-15(12-8-6-7-9-13(12)18)16-20-14(10-21-16)17(3,4)5/h6-11,15,19H,1-5H3. The van der Waals surface area contributed by atoms with Crippen molar-refractivity contribution in [2.45, 2.75) is 52.1 Å². The van der Waals surface area contributed by atoms with Crippen molar-refractivity contribution in [2.75, 3.05) is 0 Å². The molecule has 114 valence electrons. The minimum Gasteiger partial charge on any atom is -0.302 e. The van der Waals surface area contributed by atoms with Crippen molar-refractivity contribution in [1.29, 1.82) is 0 Å². The molecule has 0 amide bonds. The molecular formula is C17H23FN2S. The van der Waals surface area contributed by atoms with E-state index in [2.05, 4.69) is 45.3 Å². The smallest absolute Gasteiger partial charge is 0.128 e. The molecule has 1 aromatic heterocycles. The molecule has 2 nitrogen and oxygen atoms in total. The van der Waals surface area contributed by atoms with Crippen LogP contribution >= 0.6 is 11.3 Å². The zero-order valence-electron chi connectivity index (χ0n) is 13.3. The van der Waals surface area contributed by atoms with E-state index in [0.29, 0.717) is 5.56 Å². The molecular weight excluding hydrogens is 283 g/mol. The van der Waals surface area contributed by atoms with E-state index in [1.165, 1.54) is 6.07 Å². The first-order chi connectivity index (χ1) is 9.79. The van der Waals surface area contributed by atoms with Gasteiger partial charge in [-0.15, -0.1) is 11.3 Å². The third-order valence-corrected chi connectivity index (χ3v) is 4.16. The molecule has 0 saturated heterocycles. The summed E-state index contributed by atoms with van der Waals surface area (Å²) in [6.07, 6.45) is 0. The number of nitrogens with one attached hydrogen (secondary N) is 1. The number of halogens is 1. The molecule has 2 aromatic rings. The average Bonchev–Trinajstić information content (AvgIpc) is 2.86. The maximum atomic E-state index is 14.2. The average molecular weight is 306 g/mol. The molecule has 0 bridgehead atoms. The van der Waals surface area contributed by atoms with Crippen LogP contribution in [0.2, 0.25) is 0 Å². The number of aromatic nitrogens is 1. The quantitative estimate of drug-likeness (QED) is 0.888. The second-order valence-electron chi connectivity index (χ2n) is 6.60. The topological polar surface area (TPSA) is 24.9 Å². The number of nitrogens with zero attached hydrogens (tertiary/aromatic N) is 1. The molecule has 21 heavy (non-hydrogen) atoms. The van der Waals surface area contributed by atoms with Crippen molar-refractivity contribution in [2.24, 2.45) is 0 Å². The fourth-order valence-corrected chi connectivity index (χ4v) is 3.22. The SMILES string of the molecule is CC(C)NC(c1nc(C(C)(C)C)cs1)c1ccccc1F. The Morgan fingerprint density at radius 1 is 1.19 bits per heavy atom. The molecule has 2 rings (SSSR count). The Morgan fingerprint density at radius 2 is 1.86 bits per heavy atom. The van der Waals surface area contributed by atoms with Crippen molar-refractivity contribution in [3.63, 3.8) is 0 Å². The van der Waals surface area contributed by atoms with E-state index >= 15 is 0 Å². The van der Waals surface area contributed by atoms with Crippen molar-refractivity contribution in [3.8, 4) is 0 Å². The monoisotopic (exact) mass is 306 g/mol. The van der Waals surface area contributed by atoms with Crippen LogP contribution in [0.25, 0.3) is 0 Å². The highest BCUT2D eigenvalue weighted by molar-refractivity contribution is 7.09. The van der Waals surface area contributed by atoms with E-state index < -0.39 is 0 Å². The van der Waals surface area contributed by atoms with E-state index in [4.69, 9.17) is 4.98 Å². The van der Waals surface area contributed by atoms with Gasteiger partial charge >= 0.3 is 0 Å². The molecule has 4 heteroatoms. The van der Waals surface area contributed by atoms with Gasteiger partial charge < -0.3 is 5.32 Å². The van der Waals surface area contributed by atoms with Crippen LogP contribution < -0.4 is 5.32 Å². The first-order valence-electron chi connectivity index (χ1n) is 7.25. The maximum absolute atomic E-state index is 14.2. The lowest BCUT2D eigenvalue weighted by Crippen LogP contribution is -2.29. The van der Waals surface area contributed by atoms with Crippen LogP contribution in [0.3, 0.4) is 0 Å². The molecule has 0 saturated carbocycles. The highest BCUT2D eigenvalue weighted by Crippen LogP contribution is 2.31. The van der Waals surface area contributed by atoms with Crippen LogP contribution in [0.5, 0.6) is 0 Å². The molecule has 0 aliphatic carbocycles. The maximum Gasteiger partial charge on any atom is 0.128 e. The van der Waals surface area contributed by atoms with Crippen molar-refractivity contribution < 1.29 is 4.39 Å². The lowest BCUT2D eigenvalue weighted by molar-refractivity contribution is 0.497. The van der Waals surface area contributed by atoms with Gasteiger partial charge in [-0.3, -0.25) is 0 Å². The first-order valence-corrected chi connectivity index (χ1v) is 8.13. The minimum atomic E-state index is -0.202. The molecule has 1 aromatic carbocycles. The molecule has 0 spiro atoms. The molecule has 1 heterocycles. The number of hydrogen-bond acceptors (Lipinski definition) is 3. The predicted octanol–water partition coefficient (Wildman–Crippen LogP) is 4.67. The van der Waals surface area contributed by atoms with Gasteiger partial charge in [-0.05, 0) is 19.9 Å². The van der Waals surface area contributed by atoms with Crippen molar-refractivity contribution in [3.05, 3.63) is 51.7 Å². The van der Waals surface area contributed by atoms with Crippen LogP contribution in [-0.2, 0) is 5.41 Å². The van der Waals surface area contributed by atoms with Gasteiger partial charge in [0.25, 0.3) is 0 Å². The molecule has 1 atom stereocenters. The number of benzene rings is 1. The van der Waals surface area contributed by atoms with Gasteiger partial charge in [0.05, 0.1) is 11.7 Å². The Hall–Kier alpha value is -1.26. The summed E-state index contributed by atoms with van der Waals surface area (Å²) in [5.74, 6) is -0.192. The Kier molecular flexibility index (Phi) is 4.79. The molecule has 1 unspecified atom stereocenters. The largest absolute Gasteiger partial charge is 0.302 e. The third kappa shape index (κ3) is 3.89. The van der Waals surface area contributed by atoms with Crippen molar-refractivity contribution in [1.82, 2.24) is 10.3 Å². The first kappa shape index (κ1) is 16.1. The van der Waals surface area contributed by atoms with Gasteiger partial charge in [0.2, 0.25) is 0 Å². The summed E-state index contributed by atoms with van der Waals surface area (Å²) in [7, 11) is 0. The van der Waals surface area contributed by atoms with E-state index in [0.717, 1.165) is 10.7 Å². The second-order valence-corrected chi connectivity index (χ2v) is 7.49. The van der Waals surface area contributed by atoms with E-state index in [-0.39, 0.29) is 23.3 Å². The van der Waals surface area contributed by atoms with Crippen LogP contribution in [0.15, 0.2) is 29.6 Å². The van der Waals surface area contributed by atoms with Gasteiger partial charge in [0.1, 0.15) is 10.8 Å². The van der Waals surface area contributed by atoms with Gasteiger partial charge in [-0.1, -0.05) is 39.0 Å². The van der Waals surface area contributed by atoms with Gasteiger partial charge in [-0.25, -0.2) is 9.37 Å². The summed E-state index contributed by atoms with van der Waals surface area (Å²) in [6.45, 7) is 10.5. The Morgan fingerprint density at radius 3 is 2.38 bits per heavy atom. The summed E-state index contributed by atoms with van der Waals surface area (Å²) in [5, 5.41) is 6.42. The normalized spacial score (nSPS) is 13.7. The summed E-state index contributed by atoms with van der Waals surface area (Å²) >= 11 is 1.59. The Labute approximate surface area is 130 Å². The van der Waals surface area contributed by atoms with Gasteiger partial charge in [0, 0.05) is 22.4 Å². The lowest BCUT2D eigenvalue weighted by Gasteiger charge is -2.21.